The van der Waals surface area contributed by atoms with Gasteiger partial charge in [0.15, 0.2) is 5.76 Å². The number of hydrogen-bond acceptors (Lipinski definition) is 6. The maximum Gasteiger partial charge on any atom is 0.227 e. The Morgan fingerprint density at radius 3 is 2.62 bits per heavy atom. The number of aliphatic hydroxyl groups is 1. The number of aromatic hydroxyl groups is 1. The van der Waals surface area contributed by atoms with Crippen molar-refractivity contribution in [3.63, 3.8) is 0 Å². The maximum absolute atomic E-state index is 12.7. The second-order valence-corrected chi connectivity index (χ2v) is 8.77. The van der Waals surface area contributed by atoms with Crippen LogP contribution in [0.4, 0.5) is 0 Å². The second-order valence-electron chi connectivity index (χ2n) is 7.54. The molecule has 0 unspecified atom stereocenters. The Kier molecular flexibility index (Phi) is 5.97. The van der Waals surface area contributed by atoms with Crippen LogP contribution in [0.25, 0.3) is 0 Å². The number of nitrogens with one attached hydrogen (secondary N) is 1. The van der Waals surface area contributed by atoms with Crippen molar-refractivity contribution in [3.05, 3.63) is 27.8 Å². The van der Waals surface area contributed by atoms with Crippen molar-refractivity contribution in [2.45, 2.75) is 69.4 Å². The Bertz CT molecular complexity index is 702. The minimum absolute atomic E-state index is 0.0816. The SMILES string of the molecule is Cc1cc(=O)c(O)c(C2(CC(=O)NC3CCC(O)CC3)CCSCC2)o1. The number of carbonyl (C=O) groups excluding carboxylic acids is 1. The molecule has 1 amide bonds. The Hall–Kier alpha value is -1.47. The van der Waals surface area contributed by atoms with E-state index in [0.717, 1.165) is 24.3 Å². The zero-order chi connectivity index (χ0) is 18.7. The molecule has 1 aliphatic heterocycles. The average molecular weight is 381 g/mol. The number of hydrogen-bond donors (Lipinski definition) is 3. The third-order valence-corrected chi connectivity index (χ3v) is 6.52. The van der Waals surface area contributed by atoms with Gasteiger partial charge in [-0.15, -0.1) is 0 Å². The van der Waals surface area contributed by atoms with Gasteiger partial charge in [-0.25, -0.2) is 0 Å². The molecule has 0 radical (unpaired) electrons. The molecular weight excluding hydrogens is 354 g/mol. The zero-order valence-electron chi connectivity index (χ0n) is 15.1. The fourth-order valence-corrected chi connectivity index (χ4v) is 5.29. The van der Waals surface area contributed by atoms with Gasteiger partial charge < -0.3 is 19.9 Å². The molecule has 1 saturated carbocycles. The van der Waals surface area contributed by atoms with Gasteiger partial charge in [-0.05, 0) is 57.0 Å². The van der Waals surface area contributed by atoms with Gasteiger partial charge in [-0.3, -0.25) is 9.59 Å². The van der Waals surface area contributed by atoms with Crippen molar-refractivity contribution in [2.24, 2.45) is 0 Å². The number of aliphatic hydroxyl groups excluding tert-OH is 1. The van der Waals surface area contributed by atoms with Gasteiger partial charge in [0.1, 0.15) is 5.76 Å². The molecule has 0 aromatic carbocycles. The lowest BCUT2D eigenvalue weighted by atomic mass is 9.75. The summed E-state index contributed by atoms with van der Waals surface area (Å²) in [6.07, 6.45) is 4.29. The van der Waals surface area contributed by atoms with Crippen molar-refractivity contribution in [1.82, 2.24) is 5.32 Å². The maximum atomic E-state index is 12.7. The van der Waals surface area contributed by atoms with Gasteiger partial charge in [0.2, 0.25) is 17.1 Å². The molecule has 3 N–H and O–H groups in total. The fraction of sp³-hybridized carbons (Fsp3) is 0.684. The Morgan fingerprint density at radius 2 is 1.96 bits per heavy atom. The molecule has 3 rings (SSSR count). The quantitative estimate of drug-likeness (QED) is 0.740. The number of aryl methyl sites for hydroxylation is 1. The molecule has 1 aliphatic carbocycles. The predicted octanol–water partition coefficient (Wildman–Crippen LogP) is 2.23. The highest BCUT2D eigenvalue weighted by molar-refractivity contribution is 7.99. The Balaban J connectivity index is 1.80. The van der Waals surface area contributed by atoms with Crippen LogP contribution >= 0.6 is 11.8 Å². The summed E-state index contributed by atoms with van der Waals surface area (Å²) in [5, 5.41) is 23.0. The number of thioether (sulfide) groups is 1. The molecule has 1 aromatic rings. The fourth-order valence-electron chi connectivity index (χ4n) is 4.02. The molecule has 0 spiro atoms. The van der Waals surface area contributed by atoms with E-state index in [2.05, 4.69) is 5.32 Å². The van der Waals surface area contributed by atoms with Crippen LogP contribution in [-0.2, 0) is 10.2 Å². The van der Waals surface area contributed by atoms with Crippen LogP contribution in [0.3, 0.4) is 0 Å². The lowest BCUT2D eigenvalue weighted by molar-refractivity contribution is -0.123. The molecule has 144 valence electrons. The van der Waals surface area contributed by atoms with Gasteiger partial charge in [-0.1, -0.05) is 0 Å². The molecule has 2 heterocycles. The highest BCUT2D eigenvalue weighted by atomic mass is 32.2. The summed E-state index contributed by atoms with van der Waals surface area (Å²) in [6, 6.07) is 1.36. The summed E-state index contributed by atoms with van der Waals surface area (Å²) >= 11 is 1.81. The van der Waals surface area contributed by atoms with E-state index in [1.54, 1.807) is 6.92 Å². The van der Waals surface area contributed by atoms with Gasteiger partial charge in [0.05, 0.1) is 6.10 Å². The van der Waals surface area contributed by atoms with E-state index in [-0.39, 0.29) is 36.0 Å². The van der Waals surface area contributed by atoms with Gasteiger partial charge in [0.25, 0.3) is 0 Å². The molecule has 2 fully saturated rings. The van der Waals surface area contributed by atoms with E-state index in [1.807, 2.05) is 11.8 Å². The number of rotatable bonds is 4. The third kappa shape index (κ3) is 4.26. The van der Waals surface area contributed by atoms with E-state index in [1.165, 1.54) is 6.07 Å². The molecule has 7 heteroatoms. The van der Waals surface area contributed by atoms with Crippen LogP contribution in [-0.4, -0.2) is 39.8 Å². The van der Waals surface area contributed by atoms with Crippen molar-refractivity contribution in [3.8, 4) is 5.75 Å². The molecule has 6 nitrogen and oxygen atoms in total. The predicted molar refractivity (Wildman–Crippen MR) is 101 cm³/mol. The van der Waals surface area contributed by atoms with E-state index >= 15 is 0 Å². The molecule has 0 bridgehead atoms. The number of carbonyl (C=O) groups is 1. The summed E-state index contributed by atoms with van der Waals surface area (Å²) in [6.45, 7) is 1.68. The Morgan fingerprint density at radius 1 is 1.31 bits per heavy atom. The van der Waals surface area contributed by atoms with E-state index in [0.29, 0.717) is 31.4 Å². The first kappa shape index (κ1) is 19.3. The van der Waals surface area contributed by atoms with Crippen molar-refractivity contribution in [1.29, 1.82) is 0 Å². The minimum atomic E-state index is -0.640. The normalized spacial score (nSPS) is 25.6. The summed E-state index contributed by atoms with van der Waals surface area (Å²) in [7, 11) is 0. The highest BCUT2D eigenvalue weighted by Crippen LogP contribution is 2.44. The smallest absolute Gasteiger partial charge is 0.227 e. The lowest BCUT2D eigenvalue weighted by Gasteiger charge is -2.36. The minimum Gasteiger partial charge on any atom is -0.502 e. The zero-order valence-corrected chi connectivity index (χ0v) is 15.9. The second kappa shape index (κ2) is 8.05. The van der Waals surface area contributed by atoms with Crippen LogP contribution in [0.5, 0.6) is 5.75 Å². The van der Waals surface area contributed by atoms with Crippen molar-refractivity contribution < 1.29 is 19.4 Å². The van der Waals surface area contributed by atoms with Crippen molar-refractivity contribution in [2.75, 3.05) is 11.5 Å². The number of amides is 1. The van der Waals surface area contributed by atoms with Gasteiger partial charge in [0, 0.05) is 23.9 Å². The van der Waals surface area contributed by atoms with Crippen LogP contribution in [0, 0.1) is 6.92 Å². The van der Waals surface area contributed by atoms with E-state index in [9.17, 15) is 19.8 Å². The largest absolute Gasteiger partial charge is 0.502 e. The molecule has 0 atom stereocenters. The lowest BCUT2D eigenvalue weighted by Crippen LogP contribution is -2.43. The molecule has 2 aliphatic rings. The molecule has 1 saturated heterocycles. The van der Waals surface area contributed by atoms with Crippen LogP contribution in [0.15, 0.2) is 15.3 Å². The topological polar surface area (TPSA) is 99.8 Å². The highest BCUT2D eigenvalue weighted by Gasteiger charge is 2.42. The van der Waals surface area contributed by atoms with Crippen LogP contribution in [0.1, 0.15) is 56.5 Å². The van der Waals surface area contributed by atoms with E-state index < -0.39 is 10.8 Å². The van der Waals surface area contributed by atoms with E-state index in [4.69, 9.17) is 4.42 Å². The van der Waals surface area contributed by atoms with Gasteiger partial charge in [-0.2, -0.15) is 11.8 Å². The molecular formula is C19H27NO5S. The van der Waals surface area contributed by atoms with Gasteiger partial charge >= 0.3 is 0 Å². The monoisotopic (exact) mass is 381 g/mol. The first-order valence-corrected chi connectivity index (χ1v) is 10.4. The van der Waals surface area contributed by atoms with Crippen LogP contribution in [0.2, 0.25) is 0 Å². The average Bonchev–Trinajstić information content (AvgIpc) is 2.61. The summed E-state index contributed by atoms with van der Waals surface area (Å²) < 4.78 is 5.76. The summed E-state index contributed by atoms with van der Waals surface area (Å²) in [4.78, 5) is 24.8. The summed E-state index contributed by atoms with van der Waals surface area (Å²) in [5.74, 6) is 1.98. The third-order valence-electron chi connectivity index (χ3n) is 5.54. The summed E-state index contributed by atoms with van der Waals surface area (Å²) in [5.41, 5.74) is -1.10. The Labute approximate surface area is 157 Å². The van der Waals surface area contributed by atoms with Crippen LogP contribution < -0.4 is 10.7 Å². The first-order chi connectivity index (χ1) is 12.4. The molecule has 1 aromatic heterocycles. The standard InChI is InChI=1S/C19H27NO5S/c1-12-10-15(22)17(24)18(25-12)19(6-8-26-9-7-19)11-16(23)20-13-2-4-14(21)5-3-13/h10,13-14,21,24H,2-9,11H2,1H3,(H,20,23). The first-order valence-electron chi connectivity index (χ1n) is 9.29. The van der Waals surface area contributed by atoms with Crippen molar-refractivity contribution >= 4 is 17.7 Å². The molecule has 26 heavy (non-hydrogen) atoms.